The zero-order valence-electron chi connectivity index (χ0n) is 17.6. The first-order chi connectivity index (χ1) is 16.1. The van der Waals surface area contributed by atoms with Crippen molar-refractivity contribution in [2.45, 2.75) is 19.1 Å². The first kappa shape index (κ1) is 23.0. The second kappa shape index (κ2) is 8.97. The molecule has 0 bridgehead atoms. The first-order valence-corrected chi connectivity index (χ1v) is 10.0. The monoisotopic (exact) mass is 471 g/mol. The number of carboxylic acid groups (broad SMARTS) is 1. The number of carbonyl (C=O) groups is 1. The van der Waals surface area contributed by atoms with Crippen LogP contribution < -0.4 is 10.1 Å². The number of anilines is 1. The van der Waals surface area contributed by atoms with Gasteiger partial charge in [-0.15, -0.1) is 0 Å². The quantitative estimate of drug-likeness (QED) is 0.315. The number of aromatic nitrogens is 2. The maximum atomic E-state index is 13.5. The van der Waals surface area contributed by atoms with Crippen molar-refractivity contribution in [1.29, 1.82) is 0 Å². The van der Waals surface area contributed by atoms with Gasteiger partial charge in [0.1, 0.15) is 22.9 Å². The average Bonchev–Trinajstić information content (AvgIpc) is 2.80. The Kier molecular flexibility index (Phi) is 6.06. The lowest BCUT2D eigenvalue weighted by atomic mass is 10.1. The molecule has 2 aromatic carbocycles. The number of benzene rings is 2. The van der Waals surface area contributed by atoms with Gasteiger partial charge in [-0.05, 0) is 60.3 Å². The highest BCUT2D eigenvalue weighted by atomic mass is 19.4. The predicted molar refractivity (Wildman–Crippen MR) is 116 cm³/mol. The van der Waals surface area contributed by atoms with Crippen LogP contribution in [0.15, 0.2) is 67.0 Å². The lowest BCUT2D eigenvalue weighted by Crippen LogP contribution is -2.10. The molecule has 174 valence electrons. The fourth-order valence-electron chi connectivity index (χ4n) is 3.40. The molecule has 2 aromatic heterocycles. The van der Waals surface area contributed by atoms with Crippen molar-refractivity contribution in [1.82, 2.24) is 9.97 Å². The summed E-state index contributed by atoms with van der Waals surface area (Å²) >= 11 is 0. The Morgan fingerprint density at radius 1 is 1.03 bits per heavy atom. The maximum absolute atomic E-state index is 13.5. The third kappa shape index (κ3) is 4.75. The van der Waals surface area contributed by atoms with Gasteiger partial charge in [-0.25, -0.2) is 19.2 Å². The number of alkyl halides is 3. The topological polar surface area (TPSA) is 84.3 Å². The van der Waals surface area contributed by atoms with E-state index in [4.69, 9.17) is 9.84 Å². The van der Waals surface area contributed by atoms with Gasteiger partial charge >= 0.3 is 12.1 Å². The normalized spacial score (nSPS) is 12.4. The Morgan fingerprint density at radius 3 is 2.35 bits per heavy atom. The molecule has 34 heavy (non-hydrogen) atoms. The summed E-state index contributed by atoms with van der Waals surface area (Å²) in [5.74, 6) is -2.53. The molecule has 0 saturated heterocycles. The highest BCUT2D eigenvalue weighted by molar-refractivity contribution is 5.96. The van der Waals surface area contributed by atoms with Gasteiger partial charge in [0.15, 0.2) is 0 Å². The van der Waals surface area contributed by atoms with E-state index >= 15 is 0 Å². The largest absolute Gasteiger partial charge is 0.478 e. The molecule has 0 fully saturated rings. The van der Waals surface area contributed by atoms with Crippen LogP contribution in [0.25, 0.3) is 10.8 Å². The Hall–Kier alpha value is -4.21. The van der Waals surface area contributed by atoms with E-state index in [2.05, 4.69) is 15.3 Å². The summed E-state index contributed by atoms with van der Waals surface area (Å²) in [5, 5.41) is 13.2. The van der Waals surface area contributed by atoms with Crippen molar-refractivity contribution in [3.8, 4) is 11.6 Å². The number of nitrogens with one attached hydrogen (secondary N) is 1. The van der Waals surface area contributed by atoms with E-state index in [-0.39, 0.29) is 17.5 Å². The summed E-state index contributed by atoms with van der Waals surface area (Å²) in [6, 6.07) is 11.3. The second-order valence-corrected chi connectivity index (χ2v) is 7.41. The van der Waals surface area contributed by atoms with Crippen LogP contribution in [0.5, 0.6) is 11.6 Å². The molecule has 0 unspecified atom stereocenters. The van der Waals surface area contributed by atoms with Gasteiger partial charge in [0, 0.05) is 18.4 Å². The van der Waals surface area contributed by atoms with Crippen LogP contribution in [0.4, 0.5) is 23.4 Å². The van der Waals surface area contributed by atoms with E-state index in [0.29, 0.717) is 22.7 Å². The smallest absolute Gasteiger partial charge is 0.420 e. The molecule has 0 aliphatic carbocycles. The van der Waals surface area contributed by atoms with E-state index in [1.54, 1.807) is 24.3 Å². The number of fused-ring (bicyclic) bond motifs is 1. The lowest BCUT2D eigenvalue weighted by Gasteiger charge is -2.18. The first-order valence-electron chi connectivity index (χ1n) is 10.0. The van der Waals surface area contributed by atoms with E-state index in [1.807, 2.05) is 6.92 Å². The summed E-state index contributed by atoms with van der Waals surface area (Å²) < 4.78 is 59.3. The van der Waals surface area contributed by atoms with Gasteiger partial charge in [0.05, 0.1) is 10.9 Å². The molecule has 0 saturated carbocycles. The number of halogens is 4. The molecular weight excluding hydrogens is 454 g/mol. The van der Waals surface area contributed by atoms with Crippen molar-refractivity contribution >= 4 is 22.6 Å². The Balaban J connectivity index is 1.72. The molecule has 10 heteroatoms. The van der Waals surface area contributed by atoms with Crippen LogP contribution in [0.1, 0.15) is 34.5 Å². The molecule has 0 amide bonds. The minimum atomic E-state index is -4.84. The minimum Gasteiger partial charge on any atom is -0.478 e. The van der Waals surface area contributed by atoms with Crippen LogP contribution in [-0.4, -0.2) is 21.0 Å². The summed E-state index contributed by atoms with van der Waals surface area (Å²) in [7, 11) is 0. The molecule has 0 aliphatic rings. The predicted octanol–water partition coefficient (Wildman–Crippen LogP) is 6.45. The van der Waals surface area contributed by atoms with Crippen molar-refractivity contribution in [3.05, 3.63) is 89.5 Å². The molecule has 1 atom stereocenters. The molecule has 2 heterocycles. The summed E-state index contributed by atoms with van der Waals surface area (Å²) in [6.45, 7) is 1.81. The Labute approximate surface area is 190 Å². The van der Waals surface area contributed by atoms with E-state index in [0.717, 1.165) is 17.7 Å². The Bertz CT molecular complexity index is 1350. The van der Waals surface area contributed by atoms with Gasteiger partial charge in [-0.3, -0.25) is 0 Å². The van der Waals surface area contributed by atoms with Crippen LogP contribution in [0.3, 0.4) is 0 Å². The van der Waals surface area contributed by atoms with Crippen LogP contribution in [0, 0.1) is 5.82 Å². The van der Waals surface area contributed by atoms with Gasteiger partial charge in [0.2, 0.25) is 5.88 Å². The second-order valence-electron chi connectivity index (χ2n) is 7.41. The molecule has 0 aliphatic heterocycles. The summed E-state index contributed by atoms with van der Waals surface area (Å²) in [6.07, 6.45) is -1.93. The molecule has 6 nitrogen and oxygen atoms in total. The van der Waals surface area contributed by atoms with Gasteiger partial charge in [-0.2, -0.15) is 13.2 Å². The number of hydrogen-bond donors (Lipinski definition) is 2. The van der Waals surface area contributed by atoms with Crippen molar-refractivity contribution in [3.63, 3.8) is 0 Å². The van der Waals surface area contributed by atoms with Gasteiger partial charge in [-0.1, -0.05) is 12.1 Å². The van der Waals surface area contributed by atoms with Crippen molar-refractivity contribution < 1.29 is 32.2 Å². The van der Waals surface area contributed by atoms with E-state index in [9.17, 15) is 22.4 Å². The number of carboxylic acids is 1. The highest BCUT2D eigenvalue weighted by Gasteiger charge is 2.35. The minimum absolute atomic E-state index is 0.138. The van der Waals surface area contributed by atoms with E-state index in [1.165, 1.54) is 24.5 Å². The number of aromatic carboxylic acids is 1. The molecule has 0 radical (unpaired) electrons. The third-order valence-corrected chi connectivity index (χ3v) is 5.11. The summed E-state index contributed by atoms with van der Waals surface area (Å²) in [4.78, 5) is 19.5. The lowest BCUT2D eigenvalue weighted by molar-refractivity contribution is -0.138. The SMILES string of the molecule is C[C@H](Nc1nccc2ccnc(Oc3ccc(F)cc3C(F)(F)F)c12)c1ccc(C(=O)O)cc1. The molecule has 2 N–H and O–H groups in total. The molecule has 4 rings (SSSR count). The standard InChI is InChI=1S/C24H17F4N3O3/c1-13(14-2-4-16(5-3-14)23(32)33)31-21-20-15(8-10-29-21)9-11-30-22(20)34-19-7-6-17(25)12-18(19)24(26,27)28/h2-13H,1H3,(H,29,31)(H,32,33)/t13-/m0/s1. The average molecular weight is 471 g/mol. The zero-order chi connectivity index (χ0) is 24.5. The highest BCUT2D eigenvalue weighted by Crippen LogP contribution is 2.40. The summed E-state index contributed by atoms with van der Waals surface area (Å²) in [5.41, 5.74) is -0.372. The molecular formula is C24H17F4N3O3. The zero-order valence-corrected chi connectivity index (χ0v) is 17.6. The number of rotatable bonds is 6. The number of ether oxygens (including phenoxy) is 1. The third-order valence-electron chi connectivity index (χ3n) is 5.11. The number of nitrogens with zero attached hydrogens (tertiary/aromatic N) is 2. The van der Waals surface area contributed by atoms with Crippen molar-refractivity contribution in [2.24, 2.45) is 0 Å². The van der Waals surface area contributed by atoms with Crippen LogP contribution in [0.2, 0.25) is 0 Å². The van der Waals surface area contributed by atoms with Gasteiger partial charge in [0.25, 0.3) is 0 Å². The number of pyridine rings is 2. The fraction of sp³-hybridized carbons (Fsp3) is 0.125. The van der Waals surface area contributed by atoms with Crippen LogP contribution >= 0.6 is 0 Å². The van der Waals surface area contributed by atoms with Gasteiger partial charge < -0.3 is 15.2 Å². The van der Waals surface area contributed by atoms with Crippen molar-refractivity contribution in [2.75, 3.05) is 5.32 Å². The number of hydrogen-bond acceptors (Lipinski definition) is 5. The maximum Gasteiger partial charge on any atom is 0.420 e. The van der Waals surface area contributed by atoms with E-state index < -0.39 is 29.3 Å². The Morgan fingerprint density at radius 2 is 1.71 bits per heavy atom. The molecule has 4 aromatic rings. The fourth-order valence-corrected chi connectivity index (χ4v) is 3.40. The molecule has 0 spiro atoms. The van der Waals surface area contributed by atoms with Crippen LogP contribution in [-0.2, 0) is 6.18 Å².